The van der Waals surface area contributed by atoms with Gasteiger partial charge in [0.2, 0.25) is 17.8 Å². The molecular weight excluding hydrogens is 1650 g/mol. The van der Waals surface area contributed by atoms with Gasteiger partial charge in [0.25, 0.3) is 0 Å². The standard InChI is InChI=1S/C37H56F2O4S.C31H52F2O2.C30H46O3S.C7H10F2O.CH4O.Mg.2H/c1-25(32(44(42,43)27-8-6-5-7-9-27)15-17-36(41)20-22-37(38,39)23-21-36)29-12-13-30-28-11-10-26-24-33(2,40)18-19-34(26,3)31(28)14-16-35(29,30)4;1-21(6-5-12-30(35)16-18-31(32,33)19-17-30)24-9-10-25-23-8-7-22-20-27(2,34)14-15-28(22,3)26(23)11-13-29(24,25)4;1-21(15-19-34(32,33)23-8-6-5-7-9-23)25-12-13-26-24-11-10-22-20-28(2,31)17-18-29(22,3)27(24)14-16-30(25,26)4;8-7(9)3-1-6(2-4-7)5-10-6;1-2;;;/h5-9,25-26,28-32,40-41H,10-24H2,1-4H3;21-26,34-35H,5-20H2,1-4H3;5-9,21-22,24-27,31H,10-20H2,1-4H3;1-5H2;2H,1H3;;;/q;;;;;+2;2*-1/t25-,26-,28-,29+,30-,31-,32?,33-,34-,35+;21-,22+,23+,24-,25+,26+,27+,28+,29-;21-,22+,24+,25-,26+,27+,28+,29+,30-;;;;;/m011...../s1. The van der Waals surface area contributed by atoms with Gasteiger partial charge in [-0.25, -0.2) is 43.2 Å². The van der Waals surface area contributed by atoms with Gasteiger partial charge >= 0.3 is 23.1 Å². The molecule has 0 bridgehead atoms. The van der Waals surface area contributed by atoms with Crippen molar-refractivity contribution in [3.8, 4) is 0 Å². The Labute approximate surface area is 776 Å². The topological polar surface area (TPSA) is 202 Å². The molecule has 0 radical (unpaired) electrons. The molecule has 1 heterocycles. The van der Waals surface area contributed by atoms with Crippen LogP contribution in [0.15, 0.2) is 70.5 Å². The summed E-state index contributed by atoms with van der Waals surface area (Å²) in [7, 11) is -5.90. The fourth-order valence-corrected chi connectivity index (χ4v) is 37.2. The smallest absolute Gasteiger partial charge is 1.00 e. The molecule has 18 rings (SSSR count). The summed E-state index contributed by atoms with van der Waals surface area (Å²) in [6.07, 6.45) is 36.8. The van der Waals surface area contributed by atoms with E-state index in [0.717, 1.165) is 132 Å². The van der Waals surface area contributed by atoms with Gasteiger partial charge in [-0.15, -0.1) is 0 Å². The Morgan fingerprint density at radius 2 is 0.698 bits per heavy atom. The Morgan fingerprint density at radius 3 is 1.07 bits per heavy atom. The van der Waals surface area contributed by atoms with Crippen LogP contribution in [0.2, 0.25) is 0 Å². The van der Waals surface area contributed by atoms with Gasteiger partial charge in [0.05, 0.1) is 61.0 Å². The van der Waals surface area contributed by atoms with Gasteiger partial charge in [0.15, 0.2) is 19.7 Å². The van der Waals surface area contributed by atoms with Gasteiger partial charge in [-0.2, -0.15) is 0 Å². The van der Waals surface area contributed by atoms with E-state index in [1.807, 2.05) is 31.2 Å². The van der Waals surface area contributed by atoms with E-state index in [1.165, 1.54) is 109 Å². The fraction of sp³-hybridized carbons (Fsp3) is 0.887. The van der Waals surface area contributed by atoms with Gasteiger partial charge < -0.3 is 38.2 Å². The van der Waals surface area contributed by atoms with E-state index in [1.54, 1.807) is 36.4 Å². The number of alkyl halides is 6. The summed E-state index contributed by atoms with van der Waals surface area (Å²) in [5.41, 5.74) is -1.68. The number of ether oxygens (including phenoxy) is 1. The molecule has 16 fully saturated rings. The van der Waals surface area contributed by atoms with Crippen LogP contribution >= 0.6 is 0 Å². The monoisotopic (exact) mass is 1820 g/mol. The van der Waals surface area contributed by atoms with Crippen LogP contribution in [0.1, 0.15) is 375 Å². The minimum Gasteiger partial charge on any atom is -1.00 e. The molecule has 11 nitrogen and oxygen atoms in total. The maximum absolute atomic E-state index is 14.3. The van der Waals surface area contributed by atoms with E-state index in [2.05, 4.69) is 76.2 Å². The van der Waals surface area contributed by atoms with Gasteiger partial charge in [-0.3, -0.25) is 0 Å². The van der Waals surface area contributed by atoms with Gasteiger partial charge in [0, 0.05) is 45.6 Å². The quantitative estimate of drug-likeness (QED) is 0.0500. The van der Waals surface area contributed by atoms with Crippen LogP contribution in [0.4, 0.5) is 26.3 Å². The summed E-state index contributed by atoms with van der Waals surface area (Å²) >= 11 is 0. The number of aliphatic hydroxyl groups is 6. The van der Waals surface area contributed by atoms with E-state index in [0.29, 0.717) is 117 Å². The first kappa shape index (κ1) is 102. The molecule has 15 saturated carbocycles. The van der Waals surface area contributed by atoms with E-state index < -0.39 is 70.7 Å². The van der Waals surface area contributed by atoms with Crippen molar-refractivity contribution in [2.45, 2.75) is 438 Å². The molecule has 2 aromatic rings. The molecule has 16 aliphatic rings. The average Bonchev–Trinajstić information content (AvgIpc) is 1.49. The van der Waals surface area contributed by atoms with Crippen LogP contribution in [0.25, 0.3) is 0 Å². The van der Waals surface area contributed by atoms with E-state index >= 15 is 0 Å². The van der Waals surface area contributed by atoms with Crippen molar-refractivity contribution in [2.75, 3.05) is 19.5 Å². The van der Waals surface area contributed by atoms with Crippen LogP contribution in [0.5, 0.6) is 0 Å². The summed E-state index contributed by atoms with van der Waals surface area (Å²) in [4.78, 5) is 0.788. The van der Waals surface area contributed by atoms with Crippen molar-refractivity contribution in [1.29, 1.82) is 0 Å². The van der Waals surface area contributed by atoms with Crippen LogP contribution in [0.3, 0.4) is 0 Å². The molecule has 15 aliphatic carbocycles. The molecule has 2 aromatic carbocycles. The predicted octanol–water partition coefficient (Wildman–Crippen LogP) is 25.1. The Bertz CT molecular complexity index is 4160. The molecule has 28 atom stereocenters. The van der Waals surface area contributed by atoms with Gasteiger partial charge in [-0.1, -0.05) is 112 Å². The van der Waals surface area contributed by atoms with Crippen LogP contribution < -0.4 is 0 Å². The number of rotatable bonds is 17. The predicted molar refractivity (Wildman–Crippen MR) is 494 cm³/mol. The van der Waals surface area contributed by atoms with Crippen LogP contribution in [-0.2, 0) is 24.4 Å². The zero-order valence-electron chi connectivity index (χ0n) is 82.0. The normalized spacial score (nSPS) is 43.7. The molecule has 1 aliphatic heterocycles. The Morgan fingerprint density at radius 1 is 0.373 bits per heavy atom. The van der Waals surface area contributed by atoms with E-state index in [9.17, 15) is 68.7 Å². The molecule has 0 amide bonds. The molecule has 716 valence electrons. The van der Waals surface area contributed by atoms with Crippen molar-refractivity contribution in [3.05, 3.63) is 60.7 Å². The first-order valence-corrected chi connectivity index (χ1v) is 54.0. The number of sulfone groups is 2. The summed E-state index contributed by atoms with van der Waals surface area (Å²) < 4.78 is 140. The zero-order chi connectivity index (χ0) is 90.6. The van der Waals surface area contributed by atoms with Crippen molar-refractivity contribution >= 4 is 42.7 Å². The number of aliphatic hydroxyl groups excluding tert-OH is 1. The number of epoxide rings is 1. The third kappa shape index (κ3) is 20.8. The van der Waals surface area contributed by atoms with E-state index in [-0.39, 0.29) is 131 Å². The number of benzene rings is 2. The van der Waals surface area contributed by atoms with Crippen molar-refractivity contribution in [2.24, 2.45) is 139 Å². The van der Waals surface area contributed by atoms with Gasteiger partial charge in [-0.05, 0) is 422 Å². The first-order valence-electron chi connectivity index (χ1n) is 50.8. The zero-order valence-corrected chi connectivity index (χ0v) is 83.0. The number of hydrogen-bond donors (Lipinski definition) is 6. The second-order valence-electron chi connectivity index (χ2n) is 48.8. The minimum absolute atomic E-state index is 0. The molecule has 1 unspecified atom stereocenters. The van der Waals surface area contributed by atoms with Crippen molar-refractivity contribution in [1.82, 2.24) is 0 Å². The van der Waals surface area contributed by atoms with Crippen LogP contribution in [0, 0.1) is 139 Å². The maximum Gasteiger partial charge on any atom is 2.00 e. The van der Waals surface area contributed by atoms with Crippen molar-refractivity contribution < 1.29 is 81.4 Å². The molecule has 126 heavy (non-hydrogen) atoms. The molecule has 0 aromatic heterocycles. The number of fused-ring (bicyclic) bond motifs is 15. The summed E-state index contributed by atoms with van der Waals surface area (Å²) in [6.45, 7) is 29.0. The Balaban J connectivity index is 0.000000173. The summed E-state index contributed by atoms with van der Waals surface area (Å²) in [5, 5.41) is 60.9. The Kier molecular flexibility index (Phi) is 30.5. The summed E-state index contributed by atoms with van der Waals surface area (Å²) in [5.74, 6) is 4.05. The molecule has 6 N–H and O–H groups in total. The van der Waals surface area contributed by atoms with Gasteiger partial charge in [0.1, 0.15) is 0 Å². The number of hydrogen-bond acceptors (Lipinski definition) is 11. The largest absolute Gasteiger partial charge is 2.00 e. The average molecular weight is 1820 g/mol. The maximum atomic E-state index is 14.3. The molecule has 1 saturated heterocycles. The SMILES string of the molecule is CO.C[C@H](C(CCC1(O)CCC(F)(F)CC1)S(=O)(=O)c1ccccc1)[C@H]1CC[C@H]2[C@@H]3CC[C@H]4C[C@@](C)(O)CC[C@]4(C)[C@H]3CC[C@]12C.C[C@H](CCCC1(O)CCC(F)(F)CC1)[C@H]1CC[C@H]2[C@@H]3CC[C@H]4C[C@@](C)(O)CC[C@]4(C)[C@H]3CC[C@]12C.C[C@H](CCS(=O)(=O)c1ccccc1)[C@H]1CC[C@H]2[C@@H]3CC[C@H]4C[C@@](C)(O)CC[C@]4(C)[C@H]3CC[C@]12C.FC1(F)CCC2(CC1)CO2.[H-].[H-].[Mg+2]. The Hall–Kier alpha value is -1.59. The molecule has 20 heteroatoms. The first-order chi connectivity index (χ1) is 58.4. The second-order valence-corrected chi connectivity index (χ2v) is 53.1. The third-order valence-electron chi connectivity index (χ3n) is 41.6. The summed E-state index contributed by atoms with van der Waals surface area (Å²) in [6, 6.07) is 17.7. The van der Waals surface area contributed by atoms with Crippen molar-refractivity contribution in [3.63, 3.8) is 0 Å². The molecular formula is C106H170F6MgO11S2. The van der Waals surface area contributed by atoms with E-state index in [4.69, 9.17) is 9.84 Å². The fourth-order valence-electron chi connectivity index (χ4n) is 33.7. The third-order valence-corrected chi connectivity index (χ3v) is 45.7. The second kappa shape index (κ2) is 37.7. The van der Waals surface area contributed by atoms with Crippen LogP contribution in [-0.4, -0.2) is 147 Å². The minimum atomic E-state index is -3.70. The molecule has 1 spiro atoms. The number of halogens is 6.